The summed E-state index contributed by atoms with van der Waals surface area (Å²) in [6.45, 7) is 0.123. The zero-order valence-electron chi connectivity index (χ0n) is 17.1. The average Bonchev–Trinajstić information content (AvgIpc) is 3.37. The molecule has 8 nitrogen and oxygen atoms in total. The SMILES string of the molecule is O=C(Nc1cc(C(=O)O)n(-c2ncccc2Cl)n1)OCC1c2ccccc2-c2ccccc21. The monoisotopic (exact) mass is 460 g/mol. The highest BCUT2D eigenvalue weighted by Crippen LogP contribution is 2.44. The molecule has 33 heavy (non-hydrogen) atoms. The fraction of sp³-hybridized carbons (Fsp3) is 0.0833. The molecule has 0 radical (unpaired) electrons. The number of nitrogens with zero attached hydrogens (tertiary/aromatic N) is 3. The van der Waals surface area contributed by atoms with Gasteiger partial charge in [-0.25, -0.2) is 19.3 Å². The van der Waals surface area contributed by atoms with E-state index in [-0.39, 0.29) is 34.9 Å². The van der Waals surface area contributed by atoms with Gasteiger partial charge in [0.15, 0.2) is 17.3 Å². The molecule has 1 aliphatic carbocycles. The summed E-state index contributed by atoms with van der Waals surface area (Å²) in [6, 6.07) is 20.4. The molecular weight excluding hydrogens is 444 g/mol. The van der Waals surface area contributed by atoms with Gasteiger partial charge >= 0.3 is 12.1 Å². The molecule has 164 valence electrons. The van der Waals surface area contributed by atoms with Crippen molar-refractivity contribution in [3.63, 3.8) is 0 Å². The minimum absolute atomic E-state index is 0.00587. The van der Waals surface area contributed by atoms with Gasteiger partial charge in [0.2, 0.25) is 0 Å². The molecule has 1 aliphatic rings. The molecule has 5 rings (SSSR count). The molecule has 2 N–H and O–H groups in total. The summed E-state index contributed by atoms with van der Waals surface area (Å²) in [5.41, 5.74) is 4.23. The minimum Gasteiger partial charge on any atom is -0.477 e. The number of nitrogens with one attached hydrogen (secondary N) is 1. The summed E-state index contributed by atoms with van der Waals surface area (Å²) in [5, 5.41) is 16.4. The number of benzene rings is 2. The molecule has 0 unspecified atom stereocenters. The number of anilines is 1. The number of hydrogen-bond acceptors (Lipinski definition) is 5. The summed E-state index contributed by atoms with van der Waals surface area (Å²) in [5.74, 6) is -1.20. The Morgan fingerprint density at radius 1 is 1.03 bits per heavy atom. The Balaban J connectivity index is 1.34. The van der Waals surface area contributed by atoms with E-state index < -0.39 is 12.1 Å². The molecule has 2 aromatic heterocycles. The lowest BCUT2D eigenvalue weighted by Crippen LogP contribution is -2.18. The first-order valence-electron chi connectivity index (χ1n) is 10.1. The van der Waals surface area contributed by atoms with E-state index in [1.165, 1.54) is 12.3 Å². The van der Waals surface area contributed by atoms with Crippen molar-refractivity contribution in [2.75, 3.05) is 11.9 Å². The Labute approximate surface area is 193 Å². The number of fused-ring (bicyclic) bond motifs is 3. The Kier molecular flexibility index (Phi) is 5.27. The molecule has 2 heterocycles. The number of carboxylic acid groups (broad SMARTS) is 1. The predicted octanol–water partition coefficient (Wildman–Crippen LogP) is 4.98. The van der Waals surface area contributed by atoms with Crippen LogP contribution in [0.2, 0.25) is 5.02 Å². The fourth-order valence-corrected chi connectivity index (χ4v) is 4.23. The number of pyridine rings is 1. The molecule has 2 aromatic carbocycles. The van der Waals surface area contributed by atoms with Crippen molar-refractivity contribution in [2.24, 2.45) is 0 Å². The number of rotatable bonds is 5. The van der Waals surface area contributed by atoms with Crippen LogP contribution in [0.15, 0.2) is 72.9 Å². The second-order valence-electron chi connectivity index (χ2n) is 7.39. The normalized spacial score (nSPS) is 12.2. The van der Waals surface area contributed by atoms with Gasteiger partial charge in [-0.3, -0.25) is 5.32 Å². The predicted molar refractivity (Wildman–Crippen MR) is 122 cm³/mol. The highest BCUT2D eigenvalue weighted by Gasteiger charge is 2.29. The first kappa shape index (κ1) is 20.7. The van der Waals surface area contributed by atoms with Crippen LogP contribution >= 0.6 is 11.6 Å². The number of carbonyl (C=O) groups excluding carboxylic acids is 1. The van der Waals surface area contributed by atoms with Crippen molar-refractivity contribution in [3.8, 4) is 16.9 Å². The van der Waals surface area contributed by atoms with Crippen LogP contribution < -0.4 is 5.32 Å². The zero-order valence-corrected chi connectivity index (χ0v) is 17.9. The van der Waals surface area contributed by atoms with Gasteiger partial charge in [0.1, 0.15) is 6.61 Å². The average molecular weight is 461 g/mol. The van der Waals surface area contributed by atoms with Gasteiger partial charge in [-0.2, -0.15) is 0 Å². The van der Waals surface area contributed by atoms with Crippen LogP contribution in [0.3, 0.4) is 0 Å². The molecule has 9 heteroatoms. The molecule has 0 aliphatic heterocycles. The van der Waals surface area contributed by atoms with Gasteiger partial charge in [0.05, 0.1) is 5.02 Å². The molecule has 1 amide bonds. The number of aromatic nitrogens is 3. The quantitative estimate of drug-likeness (QED) is 0.435. The van der Waals surface area contributed by atoms with Gasteiger partial charge in [-0.15, -0.1) is 5.10 Å². The van der Waals surface area contributed by atoms with Crippen LogP contribution in [0.25, 0.3) is 16.9 Å². The number of aromatic carboxylic acids is 1. The van der Waals surface area contributed by atoms with E-state index >= 15 is 0 Å². The molecule has 0 spiro atoms. The molecule has 0 bridgehead atoms. The van der Waals surface area contributed by atoms with E-state index in [2.05, 4.69) is 27.5 Å². The fourth-order valence-electron chi connectivity index (χ4n) is 4.03. The minimum atomic E-state index is -1.25. The maximum absolute atomic E-state index is 12.5. The lowest BCUT2D eigenvalue weighted by molar-refractivity contribution is 0.0686. The summed E-state index contributed by atoms with van der Waals surface area (Å²) >= 11 is 6.13. The molecule has 0 saturated carbocycles. The number of amides is 1. The number of carbonyl (C=O) groups is 2. The molecule has 0 fully saturated rings. The second-order valence-corrected chi connectivity index (χ2v) is 7.80. The van der Waals surface area contributed by atoms with E-state index in [4.69, 9.17) is 16.3 Å². The summed E-state index contributed by atoms with van der Waals surface area (Å²) in [7, 11) is 0. The van der Waals surface area contributed by atoms with E-state index in [9.17, 15) is 14.7 Å². The highest BCUT2D eigenvalue weighted by molar-refractivity contribution is 6.32. The van der Waals surface area contributed by atoms with Crippen molar-refractivity contribution in [2.45, 2.75) is 5.92 Å². The van der Waals surface area contributed by atoms with Crippen molar-refractivity contribution in [1.82, 2.24) is 14.8 Å². The van der Waals surface area contributed by atoms with Crippen LogP contribution in [-0.4, -0.2) is 38.5 Å². The van der Waals surface area contributed by atoms with Crippen LogP contribution in [0.1, 0.15) is 27.5 Å². The Morgan fingerprint density at radius 2 is 1.70 bits per heavy atom. The number of hydrogen-bond donors (Lipinski definition) is 2. The lowest BCUT2D eigenvalue weighted by atomic mass is 9.98. The van der Waals surface area contributed by atoms with Gasteiger partial charge in [0.25, 0.3) is 0 Å². The third-order valence-electron chi connectivity index (χ3n) is 5.44. The first-order chi connectivity index (χ1) is 16.0. The van der Waals surface area contributed by atoms with Gasteiger partial charge in [0, 0.05) is 18.2 Å². The maximum Gasteiger partial charge on any atom is 0.412 e. The van der Waals surface area contributed by atoms with Crippen LogP contribution in [0, 0.1) is 0 Å². The van der Waals surface area contributed by atoms with E-state index in [0.29, 0.717) is 0 Å². The third-order valence-corrected chi connectivity index (χ3v) is 5.74. The van der Waals surface area contributed by atoms with Crippen molar-refractivity contribution < 1.29 is 19.4 Å². The third kappa shape index (κ3) is 3.81. The van der Waals surface area contributed by atoms with Gasteiger partial charge < -0.3 is 9.84 Å². The Morgan fingerprint density at radius 3 is 2.33 bits per heavy atom. The number of ether oxygens (including phenoxy) is 1. The second kappa shape index (κ2) is 8.40. The van der Waals surface area contributed by atoms with E-state index in [0.717, 1.165) is 26.9 Å². The number of halogens is 1. The largest absolute Gasteiger partial charge is 0.477 e. The molecule has 4 aromatic rings. The number of carboxylic acids is 1. The Bertz CT molecular complexity index is 1340. The lowest BCUT2D eigenvalue weighted by Gasteiger charge is -2.14. The van der Waals surface area contributed by atoms with Crippen molar-refractivity contribution in [1.29, 1.82) is 0 Å². The first-order valence-corrected chi connectivity index (χ1v) is 10.5. The van der Waals surface area contributed by atoms with Gasteiger partial charge in [-0.05, 0) is 34.4 Å². The molecular formula is C24H17ClN4O4. The smallest absolute Gasteiger partial charge is 0.412 e. The van der Waals surface area contributed by atoms with Crippen molar-refractivity contribution >= 4 is 29.5 Å². The summed E-state index contributed by atoms with van der Waals surface area (Å²) in [6.07, 6.45) is 0.721. The van der Waals surface area contributed by atoms with E-state index in [1.807, 2.05) is 36.4 Å². The van der Waals surface area contributed by atoms with Crippen molar-refractivity contribution in [3.05, 3.63) is 94.8 Å². The van der Waals surface area contributed by atoms with Crippen LogP contribution in [0.5, 0.6) is 0 Å². The highest BCUT2D eigenvalue weighted by atomic mass is 35.5. The van der Waals surface area contributed by atoms with E-state index in [1.54, 1.807) is 12.1 Å². The molecule has 0 saturated heterocycles. The van der Waals surface area contributed by atoms with Gasteiger partial charge in [-0.1, -0.05) is 60.1 Å². The summed E-state index contributed by atoms with van der Waals surface area (Å²) in [4.78, 5) is 28.3. The Hall–Kier alpha value is -4.17. The maximum atomic E-state index is 12.5. The summed E-state index contributed by atoms with van der Waals surface area (Å²) < 4.78 is 6.55. The zero-order chi connectivity index (χ0) is 22.9. The van der Waals surface area contributed by atoms with Crippen LogP contribution in [-0.2, 0) is 4.74 Å². The molecule has 0 atom stereocenters. The van der Waals surface area contributed by atoms with Crippen LogP contribution in [0.4, 0.5) is 10.6 Å². The standard InChI is InChI=1S/C24H17ClN4O4/c25-19-10-5-11-26-22(19)29-20(23(30)31)12-21(28-29)27-24(32)33-13-18-16-8-3-1-6-14(16)15-7-2-4-9-17(15)18/h1-12,18H,13H2,(H,30,31)(H,27,28,32). The topological polar surface area (TPSA) is 106 Å².